The predicted molar refractivity (Wildman–Crippen MR) is 94.9 cm³/mol. The molecule has 1 fully saturated rings. The summed E-state index contributed by atoms with van der Waals surface area (Å²) >= 11 is 0. The van der Waals surface area contributed by atoms with Crippen LogP contribution in [0.1, 0.15) is 24.0 Å². The zero-order valence-corrected chi connectivity index (χ0v) is 14.6. The van der Waals surface area contributed by atoms with Gasteiger partial charge in [0.1, 0.15) is 0 Å². The van der Waals surface area contributed by atoms with E-state index in [2.05, 4.69) is 28.5 Å². The van der Waals surface area contributed by atoms with Crippen LogP contribution in [0.4, 0.5) is 5.69 Å². The van der Waals surface area contributed by atoms with Gasteiger partial charge in [-0.05, 0) is 76.5 Å². The van der Waals surface area contributed by atoms with Crippen molar-refractivity contribution in [2.24, 2.45) is 5.92 Å². The molecule has 0 spiro atoms. The zero-order chi connectivity index (χ0) is 15.2. The van der Waals surface area contributed by atoms with Crippen LogP contribution >= 0.6 is 12.4 Å². The Balaban J connectivity index is 0.00000242. The fourth-order valence-electron chi connectivity index (χ4n) is 2.92. The van der Waals surface area contributed by atoms with E-state index in [1.807, 2.05) is 26.1 Å². The van der Waals surface area contributed by atoms with Crippen molar-refractivity contribution in [1.29, 1.82) is 0 Å². The number of carbonyl (C=O) groups is 1. The van der Waals surface area contributed by atoms with E-state index in [0.29, 0.717) is 6.54 Å². The molecule has 1 aromatic carbocycles. The third-order valence-electron chi connectivity index (χ3n) is 4.45. The van der Waals surface area contributed by atoms with E-state index >= 15 is 0 Å². The smallest absolute Gasteiger partial charge is 0.238 e. The van der Waals surface area contributed by atoms with Gasteiger partial charge in [-0.15, -0.1) is 12.4 Å². The van der Waals surface area contributed by atoms with Crippen LogP contribution in [-0.2, 0) is 4.79 Å². The fraction of sp³-hybridized carbons (Fsp3) is 0.588. The second-order valence-corrected chi connectivity index (χ2v) is 6.07. The Bertz CT molecular complexity index is 485. The van der Waals surface area contributed by atoms with Crippen LogP contribution in [0.15, 0.2) is 18.2 Å². The van der Waals surface area contributed by atoms with Crippen molar-refractivity contribution >= 4 is 24.0 Å². The molecule has 1 aromatic rings. The van der Waals surface area contributed by atoms with Gasteiger partial charge < -0.3 is 10.6 Å². The lowest BCUT2D eigenvalue weighted by molar-refractivity contribution is -0.117. The SMILES string of the molecule is CNCC1CCN(CC(=O)Nc2cccc(C)c2C)CC1.Cl. The van der Waals surface area contributed by atoms with Crippen molar-refractivity contribution < 1.29 is 4.79 Å². The van der Waals surface area contributed by atoms with Gasteiger partial charge in [0.05, 0.1) is 6.54 Å². The van der Waals surface area contributed by atoms with Crippen molar-refractivity contribution in [2.75, 3.05) is 38.5 Å². The maximum atomic E-state index is 12.2. The molecule has 1 heterocycles. The zero-order valence-electron chi connectivity index (χ0n) is 13.8. The second-order valence-electron chi connectivity index (χ2n) is 6.07. The highest BCUT2D eigenvalue weighted by molar-refractivity contribution is 5.93. The minimum absolute atomic E-state index is 0. The number of nitrogens with zero attached hydrogens (tertiary/aromatic N) is 1. The molecule has 2 N–H and O–H groups in total. The van der Waals surface area contributed by atoms with E-state index in [4.69, 9.17) is 0 Å². The molecule has 0 radical (unpaired) electrons. The number of carbonyl (C=O) groups excluding carboxylic acids is 1. The van der Waals surface area contributed by atoms with Gasteiger partial charge in [-0.2, -0.15) is 0 Å². The summed E-state index contributed by atoms with van der Waals surface area (Å²) in [6, 6.07) is 6.03. The van der Waals surface area contributed by atoms with Gasteiger partial charge in [-0.1, -0.05) is 12.1 Å². The minimum atomic E-state index is 0. The van der Waals surface area contributed by atoms with E-state index in [0.717, 1.165) is 36.8 Å². The monoisotopic (exact) mass is 325 g/mol. The first-order valence-electron chi connectivity index (χ1n) is 7.83. The molecule has 22 heavy (non-hydrogen) atoms. The van der Waals surface area contributed by atoms with Crippen LogP contribution in [0.3, 0.4) is 0 Å². The predicted octanol–water partition coefficient (Wildman–Crippen LogP) is 2.60. The van der Waals surface area contributed by atoms with E-state index < -0.39 is 0 Å². The molecule has 1 aliphatic rings. The number of benzene rings is 1. The van der Waals surface area contributed by atoms with Gasteiger partial charge in [0, 0.05) is 5.69 Å². The summed E-state index contributed by atoms with van der Waals surface area (Å²) in [5.74, 6) is 0.851. The Labute approximate surface area is 140 Å². The van der Waals surface area contributed by atoms with E-state index in [9.17, 15) is 4.79 Å². The molecule has 2 rings (SSSR count). The number of hydrogen-bond donors (Lipinski definition) is 2. The molecular weight excluding hydrogens is 298 g/mol. The Morgan fingerprint density at radius 3 is 2.59 bits per heavy atom. The Kier molecular flexibility index (Phi) is 7.87. The van der Waals surface area contributed by atoms with Crippen molar-refractivity contribution in [3.63, 3.8) is 0 Å². The van der Waals surface area contributed by atoms with Crippen LogP contribution in [0.25, 0.3) is 0 Å². The quantitative estimate of drug-likeness (QED) is 0.874. The molecule has 1 saturated heterocycles. The molecule has 0 bridgehead atoms. The maximum absolute atomic E-state index is 12.2. The summed E-state index contributed by atoms with van der Waals surface area (Å²) in [6.07, 6.45) is 2.36. The third-order valence-corrected chi connectivity index (χ3v) is 4.45. The van der Waals surface area contributed by atoms with Crippen LogP contribution in [0.5, 0.6) is 0 Å². The minimum Gasteiger partial charge on any atom is -0.325 e. The average molecular weight is 326 g/mol. The average Bonchev–Trinajstić information content (AvgIpc) is 2.46. The number of halogens is 1. The first-order chi connectivity index (χ1) is 10.1. The molecule has 1 aliphatic heterocycles. The molecule has 4 nitrogen and oxygen atoms in total. The lowest BCUT2D eigenvalue weighted by Crippen LogP contribution is -2.40. The topological polar surface area (TPSA) is 44.4 Å². The van der Waals surface area contributed by atoms with Gasteiger partial charge in [-0.3, -0.25) is 9.69 Å². The van der Waals surface area contributed by atoms with Crippen LogP contribution in [-0.4, -0.2) is 44.0 Å². The van der Waals surface area contributed by atoms with E-state index in [-0.39, 0.29) is 18.3 Å². The normalized spacial score (nSPS) is 16.1. The van der Waals surface area contributed by atoms with Crippen LogP contribution in [0, 0.1) is 19.8 Å². The first kappa shape index (κ1) is 18.9. The largest absolute Gasteiger partial charge is 0.325 e. The lowest BCUT2D eigenvalue weighted by Gasteiger charge is -2.31. The number of amides is 1. The number of hydrogen-bond acceptors (Lipinski definition) is 3. The summed E-state index contributed by atoms with van der Waals surface area (Å²) in [5.41, 5.74) is 3.30. The molecule has 124 valence electrons. The molecule has 0 unspecified atom stereocenters. The maximum Gasteiger partial charge on any atom is 0.238 e. The van der Waals surface area contributed by atoms with Crippen molar-refractivity contribution in [3.8, 4) is 0 Å². The van der Waals surface area contributed by atoms with Gasteiger partial charge in [0.15, 0.2) is 0 Å². The summed E-state index contributed by atoms with van der Waals surface area (Å²) in [5, 5.41) is 6.28. The van der Waals surface area contributed by atoms with Gasteiger partial charge >= 0.3 is 0 Å². The number of likely N-dealkylation sites (tertiary alicyclic amines) is 1. The number of piperidine rings is 1. The Morgan fingerprint density at radius 1 is 1.27 bits per heavy atom. The molecule has 5 heteroatoms. The van der Waals surface area contributed by atoms with Crippen LogP contribution < -0.4 is 10.6 Å². The summed E-state index contributed by atoms with van der Waals surface area (Å²) in [7, 11) is 2.00. The van der Waals surface area contributed by atoms with Crippen molar-refractivity contribution in [1.82, 2.24) is 10.2 Å². The summed E-state index contributed by atoms with van der Waals surface area (Å²) < 4.78 is 0. The van der Waals surface area contributed by atoms with E-state index in [1.165, 1.54) is 18.4 Å². The van der Waals surface area contributed by atoms with Crippen molar-refractivity contribution in [2.45, 2.75) is 26.7 Å². The number of rotatable bonds is 5. The Morgan fingerprint density at radius 2 is 1.95 bits per heavy atom. The van der Waals surface area contributed by atoms with Gasteiger partial charge in [0.25, 0.3) is 0 Å². The highest BCUT2D eigenvalue weighted by atomic mass is 35.5. The first-order valence-corrected chi connectivity index (χ1v) is 7.83. The fourth-order valence-corrected chi connectivity index (χ4v) is 2.92. The standard InChI is InChI=1S/C17H27N3O.ClH/c1-13-5-4-6-16(14(13)2)19-17(21)12-20-9-7-15(8-10-20)11-18-3;/h4-6,15,18H,7-12H2,1-3H3,(H,19,21);1H. The Hall–Kier alpha value is -1.10. The highest BCUT2D eigenvalue weighted by Crippen LogP contribution is 2.19. The lowest BCUT2D eigenvalue weighted by atomic mass is 9.97. The highest BCUT2D eigenvalue weighted by Gasteiger charge is 2.20. The third kappa shape index (κ3) is 5.27. The number of aryl methyl sites for hydroxylation is 1. The second kappa shape index (κ2) is 9.13. The number of nitrogens with one attached hydrogen (secondary N) is 2. The van der Waals surface area contributed by atoms with Crippen molar-refractivity contribution in [3.05, 3.63) is 29.3 Å². The molecule has 0 saturated carbocycles. The molecular formula is C17H28ClN3O. The number of anilines is 1. The van der Waals surface area contributed by atoms with Gasteiger partial charge in [-0.25, -0.2) is 0 Å². The van der Waals surface area contributed by atoms with Gasteiger partial charge in [0.2, 0.25) is 5.91 Å². The molecule has 1 amide bonds. The molecule has 0 aromatic heterocycles. The molecule has 0 aliphatic carbocycles. The summed E-state index contributed by atoms with van der Waals surface area (Å²) in [6.45, 7) is 7.74. The molecule has 0 atom stereocenters. The summed E-state index contributed by atoms with van der Waals surface area (Å²) in [4.78, 5) is 14.4. The van der Waals surface area contributed by atoms with E-state index in [1.54, 1.807) is 0 Å². The van der Waals surface area contributed by atoms with Crippen LogP contribution in [0.2, 0.25) is 0 Å².